The van der Waals surface area contributed by atoms with Crippen molar-refractivity contribution in [2.24, 2.45) is 0 Å². The molecule has 2 heteroatoms. The molecule has 0 aliphatic heterocycles. The highest BCUT2D eigenvalue weighted by Gasteiger charge is 2.17. The van der Waals surface area contributed by atoms with Crippen LogP contribution in [0.5, 0.6) is 0 Å². The molecule has 0 unspecified atom stereocenters. The first kappa shape index (κ1) is 18.3. The van der Waals surface area contributed by atoms with Gasteiger partial charge in [-0.25, -0.2) is 4.98 Å². The molecule has 0 aliphatic rings. The van der Waals surface area contributed by atoms with Gasteiger partial charge in [-0.15, -0.1) is 0 Å². The van der Waals surface area contributed by atoms with Gasteiger partial charge in [0, 0.05) is 12.1 Å². The second-order valence-electron chi connectivity index (χ2n) is 11.7. The summed E-state index contributed by atoms with van der Waals surface area (Å²) < 4.78 is 116. The van der Waals surface area contributed by atoms with Crippen molar-refractivity contribution in [1.82, 2.24) is 9.55 Å². The van der Waals surface area contributed by atoms with Gasteiger partial charge < -0.3 is 0 Å². The molecule has 0 fully saturated rings. The van der Waals surface area contributed by atoms with Crippen LogP contribution in [0.3, 0.4) is 0 Å². The number of imidazole rings is 1. The van der Waals surface area contributed by atoms with Crippen molar-refractivity contribution in [2.75, 3.05) is 0 Å². The zero-order chi connectivity index (χ0) is 44.0. The van der Waals surface area contributed by atoms with Gasteiger partial charge in [0.25, 0.3) is 0 Å². The fraction of sp³-hybridized carbons (Fsp3) is 0.0426. The second kappa shape index (κ2) is 12.1. The van der Waals surface area contributed by atoms with Crippen LogP contribution in [-0.2, 0) is 6.42 Å². The van der Waals surface area contributed by atoms with Crippen LogP contribution >= 0.6 is 0 Å². The third-order valence-corrected chi connectivity index (χ3v) is 8.89. The zero-order valence-electron chi connectivity index (χ0n) is 39.3. The van der Waals surface area contributed by atoms with Crippen molar-refractivity contribution in [2.45, 2.75) is 13.3 Å². The van der Waals surface area contributed by atoms with Gasteiger partial charge in [-0.05, 0) is 96.4 Å². The summed E-state index contributed by atoms with van der Waals surface area (Å²) in [7, 11) is 0. The second-order valence-corrected chi connectivity index (χ2v) is 11.7. The Morgan fingerprint density at radius 2 is 1.02 bits per heavy atom. The fourth-order valence-corrected chi connectivity index (χ4v) is 6.66. The number of aryl methyl sites for hydroxylation is 1. The molecule has 0 saturated carbocycles. The lowest BCUT2D eigenvalue weighted by Crippen LogP contribution is -1.99. The van der Waals surface area contributed by atoms with Crippen LogP contribution in [0.1, 0.15) is 30.6 Å². The average molecular weight is 640 g/mol. The van der Waals surface area contributed by atoms with Crippen molar-refractivity contribution in [3.63, 3.8) is 0 Å². The Kier molecular flexibility index (Phi) is 4.52. The van der Waals surface area contributed by atoms with Crippen molar-refractivity contribution in [3.8, 4) is 50.2 Å². The van der Waals surface area contributed by atoms with Gasteiger partial charge in [-0.1, -0.05) is 152 Å². The van der Waals surface area contributed by atoms with E-state index in [2.05, 4.69) is 11.5 Å². The molecule has 0 spiro atoms. The van der Waals surface area contributed by atoms with E-state index in [0.717, 1.165) is 40.1 Å². The number of hydrogen-bond acceptors (Lipinski definition) is 1. The van der Waals surface area contributed by atoms with Crippen molar-refractivity contribution in [3.05, 3.63) is 181 Å². The SMILES string of the molecule is [2H]c1c([2H])c([2H])c(-c2cccc(-c3c4c([2H])c([2H])c([2H])c([2H])c4c(-c4ccc(-c5ccc(-n6c(CC)nc7ccccc76)cc5)cc4)c4c([2H])c([2H])c([2H])c([2H])c34)c2)c([2H])c1[2H]. The number of hydrogen-bond donors (Lipinski definition) is 0. The van der Waals surface area contributed by atoms with Crippen molar-refractivity contribution in [1.29, 1.82) is 0 Å². The molecule has 0 N–H and O–H groups in total. The summed E-state index contributed by atoms with van der Waals surface area (Å²) in [6, 6.07) is 23.2. The molecule has 0 radical (unpaired) electrons. The highest BCUT2D eigenvalue weighted by Crippen LogP contribution is 2.44. The Hall–Kier alpha value is -6.25. The van der Waals surface area contributed by atoms with Crippen LogP contribution < -0.4 is 0 Å². The fourth-order valence-electron chi connectivity index (χ4n) is 6.66. The predicted molar refractivity (Wildman–Crippen MR) is 207 cm³/mol. The molecule has 49 heavy (non-hydrogen) atoms. The summed E-state index contributed by atoms with van der Waals surface area (Å²) in [5, 5.41) is 0.0704. The molecule has 2 nitrogen and oxygen atoms in total. The van der Waals surface area contributed by atoms with E-state index in [1.54, 1.807) is 30.3 Å². The standard InChI is InChI=1S/C47H34N2/c1-2-45-48-43-21-10-11-22-44(43)49(45)38-29-27-34(28-30-38)33-23-25-35(26-24-33)46-39-17-6-8-19-41(39)47(42-20-9-7-18-40(42)46)37-16-12-15-36(31-37)32-13-4-3-5-14-32/h3-31H,2H2,1H3/i3D,4D,5D,6D,7D,8D,9D,13D,14D,17D,18D,19D,20D. The van der Waals surface area contributed by atoms with E-state index in [-0.39, 0.29) is 49.4 Å². The van der Waals surface area contributed by atoms with Gasteiger partial charge in [-0.2, -0.15) is 0 Å². The van der Waals surface area contributed by atoms with E-state index in [4.69, 9.17) is 17.3 Å². The molecule has 0 bridgehead atoms. The van der Waals surface area contributed by atoms with E-state index in [0.29, 0.717) is 5.56 Å². The van der Waals surface area contributed by atoms with Crippen LogP contribution in [0.15, 0.2) is 176 Å². The van der Waals surface area contributed by atoms with Crippen LogP contribution in [0.2, 0.25) is 0 Å². The highest BCUT2D eigenvalue weighted by molar-refractivity contribution is 6.21. The Morgan fingerprint density at radius 3 is 1.65 bits per heavy atom. The van der Waals surface area contributed by atoms with Gasteiger partial charge in [0.05, 0.1) is 28.9 Å². The molecule has 9 aromatic rings. The number of benzene rings is 8. The lowest BCUT2D eigenvalue weighted by atomic mass is 9.85. The largest absolute Gasteiger partial charge is 0.296 e. The summed E-state index contributed by atoms with van der Waals surface area (Å²) in [5.74, 6) is 0.937. The Labute approximate surface area is 304 Å². The quantitative estimate of drug-likeness (QED) is 0.166. The topological polar surface area (TPSA) is 17.8 Å². The van der Waals surface area contributed by atoms with Crippen molar-refractivity contribution >= 4 is 32.6 Å². The first-order valence-electron chi connectivity index (χ1n) is 22.5. The van der Waals surface area contributed by atoms with Crippen LogP contribution in [0, 0.1) is 0 Å². The molecule has 0 saturated heterocycles. The summed E-state index contributed by atoms with van der Waals surface area (Å²) >= 11 is 0. The number of fused-ring (bicyclic) bond motifs is 3. The number of para-hydroxylation sites is 2. The maximum absolute atomic E-state index is 9.31. The molecule has 1 aromatic heterocycles. The monoisotopic (exact) mass is 639 g/mol. The minimum Gasteiger partial charge on any atom is -0.296 e. The third kappa shape index (κ3) is 5.01. The summed E-state index contributed by atoms with van der Waals surface area (Å²) in [6.45, 7) is 2.07. The number of rotatable bonds is 6. The van der Waals surface area contributed by atoms with E-state index in [1.165, 1.54) is 6.07 Å². The van der Waals surface area contributed by atoms with E-state index in [9.17, 15) is 5.48 Å². The van der Waals surface area contributed by atoms with E-state index < -0.39 is 78.6 Å². The van der Waals surface area contributed by atoms with Gasteiger partial charge in [0.1, 0.15) is 5.82 Å². The minimum atomic E-state index is -0.560. The summed E-state index contributed by atoms with van der Waals surface area (Å²) in [6.07, 6.45) is 0.746. The lowest BCUT2D eigenvalue weighted by molar-refractivity contribution is 0.908. The summed E-state index contributed by atoms with van der Waals surface area (Å²) in [5.41, 5.74) is 5.70. The first-order valence-corrected chi connectivity index (χ1v) is 16.0. The van der Waals surface area contributed by atoms with Gasteiger partial charge in [0.2, 0.25) is 0 Å². The van der Waals surface area contributed by atoms with Crippen molar-refractivity contribution < 1.29 is 17.8 Å². The van der Waals surface area contributed by atoms with Gasteiger partial charge >= 0.3 is 0 Å². The minimum absolute atomic E-state index is 0.000110. The number of aromatic nitrogens is 2. The average Bonchev–Trinajstić information content (AvgIpc) is 3.68. The molecule has 0 atom stereocenters. The molecule has 1 heterocycles. The first-order chi connectivity index (χ1) is 29.7. The molecule has 232 valence electrons. The number of nitrogens with zero attached hydrogens (tertiary/aromatic N) is 2. The Balaban J connectivity index is 1.29. The predicted octanol–water partition coefficient (Wildman–Crippen LogP) is 12.6. The summed E-state index contributed by atoms with van der Waals surface area (Å²) in [4.78, 5) is 4.80. The van der Waals surface area contributed by atoms with Crippen LogP contribution in [0.25, 0.3) is 82.8 Å². The van der Waals surface area contributed by atoms with E-state index >= 15 is 0 Å². The van der Waals surface area contributed by atoms with E-state index in [1.807, 2.05) is 60.7 Å². The maximum atomic E-state index is 9.31. The molecular formula is C47H34N2. The van der Waals surface area contributed by atoms with Gasteiger partial charge in [0.15, 0.2) is 0 Å². The lowest BCUT2D eigenvalue weighted by Gasteiger charge is -2.18. The smallest absolute Gasteiger partial charge is 0.114 e. The maximum Gasteiger partial charge on any atom is 0.114 e. The third-order valence-electron chi connectivity index (χ3n) is 8.89. The molecule has 9 rings (SSSR count). The Morgan fingerprint density at radius 1 is 0.490 bits per heavy atom. The molecular weight excluding hydrogens is 593 g/mol. The van der Waals surface area contributed by atoms with Gasteiger partial charge in [-0.3, -0.25) is 4.57 Å². The molecule has 8 aromatic carbocycles. The van der Waals surface area contributed by atoms with Crippen LogP contribution in [-0.4, -0.2) is 9.55 Å². The Bertz CT molecular complexity index is 3250. The normalized spacial score (nSPS) is 15.2. The highest BCUT2D eigenvalue weighted by atomic mass is 15.1. The van der Waals surface area contributed by atoms with Crippen LogP contribution in [0.4, 0.5) is 0 Å². The molecule has 0 amide bonds. The zero-order valence-corrected chi connectivity index (χ0v) is 26.3. The molecule has 0 aliphatic carbocycles.